The maximum Gasteiger partial charge on any atom is 0.339 e. The van der Waals surface area contributed by atoms with E-state index < -0.39 is 6.10 Å². The standard InChI is InChI=1S/C21H20N2O4/c1-13(20(24)23-12-14-4-3-9-22-11-14)26-15-7-8-17-16-5-2-6-18(16)21(25)27-19(17)10-15/h3-4,7-11,13H,2,5-6,12H2,1H3,(H,23,24)/t13-/m1/s1. The molecule has 27 heavy (non-hydrogen) atoms. The van der Waals surface area contributed by atoms with Crippen LogP contribution in [0.2, 0.25) is 0 Å². The van der Waals surface area contributed by atoms with Gasteiger partial charge in [-0.25, -0.2) is 4.79 Å². The molecule has 0 bridgehead atoms. The predicted molar refractivity (Wildman–Crippen MR) is 101 cm³/mol. The van der Waals surface area contributed by atoms with Crippen LogP contribution in [0.25, 0.3) is 11.0 Å². The molecule has 0 radical (unpaired) electrons. The Morgan fingerprint density at radius 3 is 2.96 bits per heavy atom. The van der Waals surface area contributed by atoms with Crippen LogP contribution in [0, 0.1) is 0 Å². The highest BCUT2D eigenvalue weighted by atomic mass is 16.5. The molecular weight excluding hydrogens is 344 g/mol. The number of aromatic nitrogens is 1. The molecule has 2 heterocycles. The van der Waals surface area contributed by atoms with Crippen molar-refractivity contribution in [2.24, 2.45) is 0 Å². The summed E-state index contributed by atoms with van der Waals surface area (Å²) in [4.78, 5) is 28.4. The Labute approximate surface area is 156 Å². The molecule has 0 aliphatic heterocycles. The van der Waals surface area contributed by atoms with Crippen LogP contribution in [0.15, 0.2) is 51.9 Å². The smallest absolute Gasteiger partial charge is 0.339 e. The molecule has 0 unspecified atom stereocenters. The molecule has 1 aliphatic carbocycles. The molecule has 1 aliphatic rings. The Morgan fingerprint density at radius 1 is 1.30 bits per heavy atom. The third-order valence-corrected chi connectivity index (χ3v) is 4.82. The van der Waals surface area contributed by atoms with E-state index in [-0.39, 0.29) is 11.5 Å². The van der Waals surface area contributed by atoms with Crippen molar-refractivity contribution in [1.82, 2.24) is 10.3 Å². The molecule has 6 heteroatoms. The highest BCUT2D eigenvalue weighted by Crippen LogP contribution is 2.29. The molecule has 0 saturated carbocycles. The Kier molecular flexibility index (Phi) is 4.62. The van der Waals surface area contributed by atoms with Gasteiger partial charge in [0.1, 0.15) is 11.3 Å². The fourth-order valence-corrected chi connectivity index (χ4v) is 3.43. The number of benzene rings is 1. The van der Waals surface area contributed by atoms with Gasteiger partial charge in [-0.1, -0.05) is 6.07 Å². The van der Waals surface area contributed by atoms with E-state index in [0.29, 0.717) is 17.9 Å². The van der Waals surface area contributed by atoms with Gasteiger partial charge in [0.15, 0.2) is 6.10 Å². The Bertz CT molecular complexity index is 1040. The van der Waals surface area contributed by atoms with Gasteiger partial charge in [-0.3, -0.25) is 9.78 Å². The minimum atomic E-state index is -0.680. The van der Waals surface area contributed by atoms with Gasteiger partial charge < -0.3 is 14.5 Å². The van der Waals surface area contributed by atoms with Gasteiger partial charge in [0.05, 0.1) is 0 Å². The number of ether oxygens (including phenoxy) is 1. The van der Waals surface area contributed by atoms with Gasteiger partial charge in [-0.15, -0.1) is 0 Å². The zero-order chi connectivity index (χ0) is 18.8. The number of hydrogen-bond donors (Lipinski definition) is 1. The van der Waals surface area contributed by atoms with E-state index in [2.05, 4.69) is 10.3 Å². The van der Waals surface area contributed by atoms with Crippen LogP contribution < -0.4 is 15.7 Å². The van der Waals surface area contributed by atoms with Crippen LogP contribution in [0.4, 0.5) is 0 Å². The van der Waals surface area contributed by atoms with E-state index in [4.69, 9.17) is 9.15 Å². The molecule has 0 saturated heterocycles. The molecular formula is C21H20N2O4. The number of fused-ring (bicyclic) bond motifs is 3. The van der Waals surface area contributed by atoms with Crippen molar-refractivity contribution < 1.29 is 13.9 Å². The molecule has 0 fully saturated rings. The van der Waals surface area contributed by atoms with Crippen molar-refractivity contribution in [1.29, 1.82) is 0 Å². The second-order valence-electron chi connectivity index (χ2n) is 6.70. The molecule has 4 rings (SSSR count). The molecule has 3 aromatic rings. The summed E-state index contributed by atoms with van der Waals surface area (Å²) in [7, 11) is 0. The number of nitrogens with one attached hydrogen (secondary N) is 1. The summed E-state index contributed by atoms with van der Waals surface area (Å²) >= 11 is 0. The number of pyridine rings is 1. The van der Waals surface area contributed by atoms with E-state index in [1.54, 1.807) is 25.4 Å². The number of carbonyl (C=O) groups excluding carboxylic acids is 1. The van der Waals surface area contributed by atoms with Gasteiger partial charge in [-0.05, 0) is 55.5 Å². The number of hydrogen-bond acceptors (Lipinski definition) is 5. The van der Waals surface area contributed by atoms with Crippen LogP contribution in [0.5, 0.6) is 5.75 Å². The minimum Gasteiger partial charge on any atom is -0.481 e. The number of carbonyl (C=O) groups is 1. The van der Waals surface area contributed by atoms with Crippen LogP contribution in [0.1, 0.15) is 30.0 Å². The van der Waals surface area contributed by atoms with Gasteiger partial charge in [0.25, 0.3) is 5.91 Å². The zero-order valence-electron chi connectivity index (χ0n) is 15.0. The number of nitrogens with zero attached hydrogens (tertiary/aromatic N) is 1. The van der Waals surface area contributed by atoms with Crippen molar-refractivity contribution >= 4 is 16.9 Å². The first kappa shape index (κ1) is 17.3. The summed E-state index contributed by atoms with van der Waals surface area (Å²) in [6, 6.07) is 9.10. The lowest BCUT2D eigenvalue weighted by Crippen LogP contribution is -2.35. The topological polar surface area (TPSA) is 81.4 Å². The van der Waals surface area contributed by atoms with E-state index in [1.807, 2.05) is 24.3 Å². The zero-order valence-corrected chi connectivity index (χ0v) is 15.0. The van der Waals surface area contributed by atoms with Crippen molar-refractivity contribution in [3.05, 3.63) is 69.8 Å². The molecule has 0 spiro atoms. The average Bonchev–Trinajstić information content (AvgIpc) is 3.17. The van der Waals surface area contributed by atoms with Crippen LogP contribution >= 0.6 is 0 Å². The second-order valence-corrected chi connectivity index (χ2v) is 6.70. The van der Waals surface area contributed by atoms with Crippen molar-refractivity contribution in [2.75, 3.05) is 0 Å². The number of amides is 1. The summed E-state index contributed by atoms with van der Waals surface area (Å²) in [6.07, 6.45) is 5.36. The highest BCUT2D eigenvalue weighted by Gasteiger charge is 2.20. The van der Waals surface area contributed by atoms with Gasteiger partial charge in [-0.2, -0.15) is 0 Å². The molecule has 1 atom stereocenters. The van der Waals surface area contributed by atoms with Crippen LogP contribution in [-0.4, -0.2) is 17.0 Å². The van der Waals surface area contributed by atoms with Gasteiger partial charge >= 0.3 is 5.63 Å². The lowest BCUT2D eigenvalue weighted by Gasteiger charge is -2.15. The minimum absolute atomic E-state index is 0.227. The normalized spacial score (nSPS) is 14.0. The molecule has 1 amide bonds. The van der Waals surface area contributed by atoms with Crippen LogP contribution in [-0.2, 0) is 24.2 Å². The lowest BCUT2D eigenvalue weighted by molar-refractivity contribution is -0.127. The molecule has 1 aromatic carbocycles. The van der Waals surface area contributed by atoms with Crippen LogP contribution in [0.3, 0.4) is 0 Å². The molecule has 1 N–H and O–H groups in total. The first-order valence-corrected chi connectivity index (χ1v) is 9.04. The monoisotopic (exact) mass is 364 g/mol. The Balaban J connectivity index is 1.47. The summed E-state index contributed by atoms with van der Waals surface area (Å²) < 4.78 is 11.2. The van der Waals surface area contributed by atoms with Gasteiger partial charge in [0.2, 0.25) is 0 Å². The maximum atomic E-state index is 12.3. The lowest BCUT2D eigenvalue weighted by atomic mass is 10.1. The predicted octanol–water partition coefficient (Wildman–Crippen LogP) is 2.76. The van der Waals surface area contributed by atoms with E-state index in [0.717, 1.165) is 41.3 Å². The Hall–Kier alpha value is -3.15. The second kappa shape index (κ2) is 7.23. The first-order valence-electron chi connectivity index (χ1n) is 9.04. The van der Waals surface area contributed by atoms with Crippen molar-refractivity contribution in [2.45, 2.75) is 38.8 Å². The summed E-state index contributed by atoms with van der Waals surface area (Å²) in [6.45, 7) is 2.07. The molecule has 138 valence electrons. The quantitative estimate of drug-likeness (QED) is 0.704. The first-order chi connectivity index (χ1) is 13.1. The highest BCUT2D eigenvalue weighted by molar-refractivity contribution is 5.84. The van der Waals surface area contributed by atoms with E-state index in [1.165, 1.54) is 0 Å². The maximum absolute atomic E-state index is 12.3. The number of rotatable bonds is 5. The Morgan fingerprint density at radius 2 is 2.15 bits per heavy atom. The molecule has 6 nitrogen and oxygen atoms in total. The summed E-state index contributed by atoms with van der Waals surface area (Å²) in [5.74, 6) is 0.266. The summed E-state index contributed by atoms with van der Waals surface area (Å²) in [5.41, 5.74) is 3.02. The van der Waals surface area contributed by atoms with Crippen molar-refractivity contribution in [3.8, 4) is 5.75 Å². The number of aryl methyl sites for hydroxylation is 1. The third-order valence-electron chi connectivity index (χ3n) is 4.82. The fraction of sp³-hybridized carbons (Fsp3) is 0.286. The SMILES string of the molecule is C[C@@H](Oc1ccc2c3c(c(=O)oc2c1)CCC3)C(=O)NCc1cccnc1. The van der Waals surface area contributed by atoms with Gasteiger partial charge in [0, 0.05) is 36.0 Å². The van der Waals surface area contributed by atoms with E-state index >= 15 is 0 Å². The fourth-order valence-electron chi connectivity index (χ4n) is 3.43. The largest absolute Gasteiger partial charge is 0.481 e. The molecule has 2 aromatic heterocycles. The van der Waals surface area contributed by atoms with Crippen molar-refractivity contribution in [3.63, 3.8) is 0 Å². The summed E-state index contributed by atoms with van der Waals surface area (Å²) in [5, 5.41) is 3.77. The van der Waals surface area contributed by atoms with E-state index in [9.17, 15) is 9.59 Å². The average molecular weight is 364 g/mol. The third kappa shape index (κ3) is 3.56.